The van der Waals surface area contributed by atoms with Crippen molar-refractivity contribution in [1.82, 2.24) is 10.2 Å². The van der Waals surface area contributed by atoms with Crippen LogP contribution in [0, 0.1) is 0 Å². The van der Waals surface area contributed by atoms with Crippen molar-refractivity contribution in [2.24, 2.45) is 0 Å². The molecule has 0 fully saturated rings. The summed E-state index contributed by atoms with van der Waals surface area (Å²) >= 11 is 4.60. The number of rotatable bonds is 8. The fraction of sp³-hybridized carbons (Fsp3) is 0.462. The number of carboxylic acid groups (broad SMARTS) is 1. The van der Waals surface area contributed by atoms with E-state index in [0.29, 0.717) is 24.3 Å². The number of carboxylic acids is 1. The quantitative estimate of drug-likeness (QED) is 0.678. The molecule has 21 heavy (non-hydrogen) atoms. The highest BCUT2D eigenvalue weighted by molar-refractivity contribution is 9.11. The molecule has 1 aromatic rings. The van der Waals surface area contributed by atoms with E-state index in [1.807, 2.05) is 0 Å². The molecule has 0 saturated carbocycles. The second-order valence-electron chi connectivity index (χ2n) is 4.47. The lowest BCUT2D eigenvalue weighted by Gasteiger charge is -2.15. The first-order chi connectivity index (χ1) is 9.90. The SMILES string of the molecule is CN(CC(=O)NCCCCC(=O)O)C(=O)c1ccc(Br)s1. The van der Waals surface area contributed by atoms with Crippen molar-refractivity contribution in [2.45, 2.75) is 19.3 Å². The van der Waals surface area contributed by atoms with Gasteiger partial charge in [0.05, 0.1) is 15.2 Å². The predicted molar refractivity (Wildman–Crippen MR) is 83.5 cm³/mol. The molecule has 6 nitrogen and oxygen atoms in total. The number of halogens is 1. The number of hydrogen-bond acceptors (Lipinski definition) is 4. The van der Waals surface area contributed by atoms with E-state index in [-0.39, 0.29) is 24.8 Å². The number of amides is 2. The Morgan fingerprint density at radius 2 is 2.05 bits per heavy atom. The highest BCUT2D eigenvalue weighted by Crippen LogP contribution is 2.22. The molecule has 0 atom stereocenters. The van der Waals surface area contributed by atoms with Crippen LogP contribution in [0.1, 0.15) is 28.9 Å². The molecule has 2 N–H and O–H groups in total. The second kappa shape index (κ2) is 8.78. The Balaban J connectivity index is 2.27. The molecule has 0 saturated heterocycles. The lowest BCUT2D eigenvalue weighted by atomic mass is 10.2. The maximum Gasteiger partial charge on any atom is 0.303 e. The number of aliphatic carboxylic acids is 1. The predicted octanol–water partition coefficient (Wildman–Crippen LogP) is 1.95. The summed E-state index contributed by atoms with van der Waals surface area (Å²) in [5.41, 5.74) is 0. The van der Waals surface area contributed by atoms with E-state index in [1.54, 1.807) is 19.2 Å². The van der Waals surface area contributed by atoms with Gasteiger partial charge in [0.1, 0.15) is 0 Å². The summed E-state index contributed by atoms with van der Waals surface area (Å²) in [7, 11) is 1.57. The Labute approximate surface area is 135 Å². The first-order valence-corrected chi connectivity index (χ1v) is 8.00. The molecule has 1 heterocycles. The molecular formula is C13H17BrN2O4S. The van der Waals surface area contributed by atoms with Gasteiger partial charge >= 0.3 is 5.97 Å². The number of carbonyl (C=O) groups is 3. The summed E-state index contributed by atoms with van der Waals surface area (Å²) in [5, 5.41) is 11.1. The summed E-state index contributed by atoms with van der Waals surface area (Å²) in [6.07, 6.45) is 1.22. The lowest BCUT2D eigenvalue weighted by molar-refractivity contribution is -0.137. The van der Waals surface area contributed by atoms with Crippen molar-refractivity contribution >= 4 is 45.1 Å². The van der Waals surface area contributed by atoms with Crippen LogP contribution in [0.4, 0.5) is 0 Å². The Morgan fingerprint density at radius 1 is 1.33 bits per heavy atom. The fourth-order valence-corrected chi connectivity index (χ4v) is 2.97. The number of hydrogen-bond donors (Lipinski definition) is 2. The Kier molecular flexibility index (Phi) is 7.38. The lowest BCUT2D eigenvalue weighted by Crippen LogP contribution is -2.38. The van der Waals surface area contributed by atoms with Crippen molar-refractivity contribution < 1.29 is 19.5 Å². The summed E-state index contributed by atoms with van der Waals surface area (Å²) in [4.78, 5) is 35.9. The van der Waals surface area contributed by atoms with Crippen LogP contribution >= 0.6 is 27.3 Å². The van der Waals surface area contributed by atoms with Crippen molar-refractivity contribution in [3.8, 4) is 0 Å². The topological polar surface area (TPSA) is 86.7 Å². The minimum absolute atomic E-state index is 0.0206. The monoisotopic (exact) mass is 376 g/mol. The summed E-state index contributed by atoms with van der Waals surface area (Å²) < 4.78 is 0.863. The van der Waals surface area contributed by atoms with Crippen molar-refractivity contribution in [3.63, 3.8) is 0 Å². The third kappa shape index (κ3) is 6.72. The molecule has 0 spiro atoms. The van der Waals surface area contributed by atoms with Gasteiger partial charge in [-0.1, -0.05) is 0 Å². The van der Waals surface area contributed by atoms with Crippen LogP contribution in [-0.4, -0.2) is 47.9 Å². The molecule has 0 aliphatic carbocycles. The molecule has 8 heteroatoms. The van der Waals surface area contributed by atoms with Gasteiger partial charge in [-0.2, -0.15) is 0 Å². The van der Waals surface area contributed by atoms with Crippen LogP contribution in [-0.2, 0) is 9.59 Å². The molecule has 0 aromatic carbocycles. The van der Waals surface area contributed by atoms with Crippen LogP contribution in [0.5, 0.6) is 0 Å². The van der Waals surface area contributed by atoms with Gasteiger partial charge in [0.2, 0.25) is 5.91 Å². The number of thiophene rings is 1. The number of unbranched alkanes of at least 4 members (excludes halogenated alkanes) is 1. The molecule has 0 aliphatic heterocycles. The van der Waals surface area contributed by atoms with E-state index in [2.05, 4.69) is 21.2 Å². The van der Waals surface area contributed by atoms with Crippen LogP contribution in [0.3, 0.4) is 0 Å². The first-order valence-electron chi connectivity index (χ1n) is 6.39. The highest BCUT2D eigenvalue weighted by Gasteiger charge is 2.16. The number of likely N-dealkylation sites (N-methyl/N-ethyl adjacent to an activating group) is 1. The minimum atomic E-state index is -0.839. The zero-order valence-electron chi connectivity index (χ0n) is 11.6. The average molecular weight is 377 g/mol. The van der Waals surface area contributed by atoms with Gasteiger partial charge in [0, 0.05) is 20.0 Å². The van der Waals surface area contributed by atoms with Crippen LogP contribution in [0.2, 0.25) is 0 Å². The molecule has 0 aliphatic rings. The molecule has 0 radical (unpaired) electrons. The van der Waals surface area contributed by atoms with Crippen molar-refractivity contribution in [2.75, 3.05) is 20.1 Å². The van der Waals surface area contributed by atoms with Gasteiger partial charge in [-0.25, -0.2) is 0 Å². The zero-order valence-corrected chi connectivity index (χ0v) is 14.0. The largest absolute Gasteiger partial charge is 0.481 e. The average Bonchev–Trinajstić information content (AvgIpc) is 2.83. The van der Waals surface area contributed by atoms with Gasteiger partial charge in [0.25, 0.3) is 5.91 Å². The molecule has 116 valence electrons. The van der Waals surface area contributed by atoms with E-state index in [0.717, 1.165) is 3.79 Å². The highest BCUT2D eigenvalue weighted by atomic mass is 79.9. The molecule has 1 rings (SSSR count). The van der Waals surface area contributed by atoms with E-state index >= 15 is 0 Å². The number of nitrogens with one attached hydrogen (secondary N) is 1. The normalized spacial score (nSPS) is 10.2. The molecule has 2 amide bonds. The smallest absolute Gasteiger partial charge is 0.303 e. The van der Waals surface area contributed by atoms with Gasteiger partial charge in [0.15, 0.2) is 0 Å². The number of carbonyl (C=O) groups excluding carboxylic acids is 2. The Hall–Kier alpha value is -1.41. The third-order valence-electron chi connectivity index (χ3n) is 2.65. The van der Waals surface area contributed by atoms with E-state index < -0.39 is 5.97 Å². The van der Waals surface area contributed by atoms with Gasteiger partial charge in [-0.3, -0.25) is 14.4 Å². The van der Waals surface area contributed by atoms with Crippen LogP contribution in [0.15, 0.2) is 15.9 Å². The van der Waals surface area contributed by atoms with Gasteiger partial charge in [-0.15, -0.1) is 11.3 Å². The zero-order chi connectivity index (χ0) is 15.8. The van der Waals surface area contributed by atoms with Crippen LogP contribution < -0.4 is 5.32 Å². The van der Waals surface area contributed by atoms with Crippen molar-refractivity contribution in [3.05, 3.63) is 20.8 Å². The Bertz CT molecular complexity index is 518. The molecule has 0 bridgehead atoms. The number of nitrogens with zero attached hydrogens (tertiary/aromatic N) is 1. The fourth-order valence-electron chi connectivity index (χ4n) is 1.59. The molecule has 1 aromatic heterocycles. The maximum absolute atomic E-state index is 12.0. The van der Waals surface area contributed by atoms with E-state index in [4.69, 9.17) is 5.11 Å². The van der Waals surface area contributed by atoms with E-state index in [9.17, 15) is 14.4 Å². The summed E-state index contributed by atoms with van der Waals surface area (Å²) in [6.45, 7) is 0.395. The summed E-state index contributed by atoms with van der Waals surface area (Å²) in [5.74, 6) is -1.29. The molecule has 0 unspecified atom stereocenters. The maximum atomic E-state index is 12.0. The van der Waals surface area contributed by atoms with Gasteiger partial charge in [-0.05, 0) is 40.9 Å². The standard InChI is InChI=1S/C13H17BrN2O4S/c1-16(13(20)9-5-6-10(14)21-9)8-11(17)15-7-3-2-4-12(18)19/h5-6H,2-4,7-8H2,1H3,(H,15,17)(H,18,19). The van der Waals surface area contributed by atoms with E-state index in [1.165, 1.54) is 16.2 Å². The minimum Gasteiger partial charge on any atom is -0.481 e. The summed E-state index contributed by atoms with van der Waals surface area (Å²) in [6, 6.07) is 3.49. The van der Waals surface area contributed by atoms with Crippen LogP contribution in [0.25, 0.3) is 0 Å². The Morgan fingerprint density at radius 3 is 2.62 bits per heavy atom. The second-order valence-corrected chi connectivity index (χ2v) is 6.93. The third-order valence-corrected chi connectivity index (χ3v) is 4.26. The van der Waals surface area contributed by atoms with Gasteiger partial charge < -0.3 is 15.3 Å². The first kappa shape index (κ1) is 17.6. The molecular weight excluding hydrogens is 360 g/mol. The van der Waals surface area contributed by atoms with Crippen molar-refractivity contribution in [1.29, 1.82) is 0 Å².